The van der Waals surface area contributed by atoms with E-state index in [1.165, 1.54) is 6.42 Å². The zero-order valence-electron chi connectivity index (χ0n) is 6.35. The first kappa shape index (κ1) is 8.48. The summed E-state index contributed by atoms with van der Waals surface area (Å²) in [4.78, 5) is 0. The van der Waals surface area contributed by atoms with Crippen LogP contribution >= 0.6 is 0 Å². The molecule has 0 saturated heterocycles. The van der Waals surface area contributed by atoms with Gasteiger partial charge < -0.3 is 0 Å². The molecule has 0 heteroatoms. The smallest absolute Gasteiger partial charge is 0.0279 e. The monoisotopic (exact) mass is 123 g/mol. The molecule has 1 radical (unpaired) electrons. The van der Waals surface area contributed by atoms with Crippen molar-refractivity contribution in [1.82, 2.24) is 0 Å². The lowest BCUT2D eigenvalue weighted by molar-refractivity contribution is 0.939. The fourth-order valence-corrected chi connectivity index (χ4v) is 0.500. The third-order valence-electron chi connectivity index (χ3n) is 0.980. The van der Waals surface area contributed by atoms with Crippen molar-refractivity contribution in [2.45, 2.75) is 33.1 Å². The molecule has 0 heterocycles. The van der Waals surface area contributed by atoms with Crippen molar-refractivity contribution in [1.29, 1.82) is 0 Å². The third-order valence-corrected chi connectivity index (χ3v) is 0.980. The zero-order chi connectivity index (χ0) is 6.95. The molecule has 0 nitrogen and oxygen atoms in total. The van der Waals surface area contributed by atoms with Gasteiger partial charge in [-0.3, -0.25) is 0 Å². The van der Waals surface area contributed by atoms with E-state index >= 15 is 0 Å². The maximum Gasteiger partial charge on any atom is -0.0279 e. The Bertz CT molecular complexity index is 88.2. The van der Waals surface area contributed by atoms with Crippen LogP contribution in [0.1, 0.15) is 33.1 Å². The molecule has 0 aliphatic heterocycles. The molecule has 0 aromatic heterocycles. The fourth-order valence-electron chi connectivity index (χ4n) is 0.500. The van der Waals surface area contributed by atoms with Crippen LogP contribution in [0, 0.1) is 6.08 Å². The Hall–Kier alpha value is -0.520. The molecule has 0 fully saturated rings. The molecule has 0 atom stereocenters. The first-order valence-electron chi connectivity index (χ1n) is 3.63. The van der Waals surface area contributed by atoms with Crippen molar-refractivity contribution in [3.8, 4) is 0 Å². The van der Waals surface area contributed by atoms with Crippen LogP contribution in [0.2, 0.25) is 0 Å². The summed E-state index contributed by atoms with van der Waals surface area (Å²) < 4.78 is 0. The van der Waals surface area contributed by atoms with Crippen LogP contribution in [0.15, 0.2) is 18.2 Å². The highest BCUT2D eigenvalue weighted by atomic mass is 13.7. The normalized spacial score (nSPS) is 11.8. The van der Waals surface area contributed by atoms with E-state index in [2.05, 4.69) is 32.1 Å². The Morgan fingerprint density at radius 1 is 1.33 bits per heavy atom. The minimum Gasteiger partial charge on any atom is -0.0848 e. The van der Waals surface area contributed by atoms with Gasteiger partial charge in [-0.15, -0.1) is 0 Å². The van der Waals surface area contributed by atoms with E-state index in [1.807, 2.05) is 6.08 Å². The predicted octanol–water partition coefficient (Wildman–Crippen LogP) is 3.11. The minimum absolute atomic E-state index is 1.08. The third kappa shape index (κ3) is 7.48. The van der Waals surface area contributed by atoms with Crippen molar-refractivity contribution in [2.24, 2.45) is 0 Å². The molecule has 0 aromatic carbocycles. The molecule has 0 aromatic rings. The molecule has 0 unspecified atom stereocenters. The molecule has 0 rings (SSSR count). The van der Waals surface area contributed by atoms with Crippen LogP contribution in [-0.2, 0) is 0 Å². The van der Waals surface area contributed by atoms with Gasteiger partial charge in [0.15, 0.2) is 0 Å². The molecular formula is C9H15. The summed E-state index contributed by atoms with van der Waals surface area (Å²) in [5.74, 6) is 0. The lowest BCUT2D eigenvalue weighted by Crippen LogP contribution is -1.60. The Labute approximate surface area is 58.3 Å². The summed E-state index contributed by atoms with van der Waals surface area (Å²) in [7, 11) is 0. The largest absolute Gasteiger partial charge is 0.0848 e. The summed E-state index contributed by atoms with van der Waals surface area (Å²) >= 11 is 0. The quantitative estimate of drug-likeness (QED) is 0.504. The van der Waals surface area contributed by atoms with Crippen LogP contribution in [0.25, 0.3) is 0 Å². The second kappa shape index (κ2) is 7.48. The molecule has 0 aliphatic carbocycles. The van der Waals surface area contributed by atoms with Crippen LogP contribution in [0.3, 0.4) is 0 Å². The van der Waals surface area contributed by atoms with Gasteiger partial charge in [-0.2, -0.15) is 0 Å². The standard InChI is InChI=1S/C9H15/c1-3-5-7-9-8-6-4-2/h5,7,9H,3-4,6H2,1-2H3. The Morgan fingerprint density at radius 3 is 2.67 bits per heavy atom. The number of hydrogen-bond acceptors (Lipinski definition) is 0. The summed E-state index contributed by atoms with van der Waals surface area (Å²) in [6.45, 7) is 4.29. The van der Waals surface area contributed by atoms with Gasteiger partial charge in [-0.1, -0.05) is 38.5 Å². The topological polar surface area (TPSA) is 0 Å². The van der Waals surface area contributed by atoms with Crippen LogP contribution in [0.4, 0.5) is 0 Å². The molecule has 0 amide bonds. The number of allylic oxidation sites excluding steroid dienone is 4. The first-order valence-corrected chi connectivity index (χ1v) is 3.63. The number of unbranched alkanes of at least 4 members (excludes halogenated alkanes) is 1. The molecule has 9 heavy (non-hydrogen) atoms. The Morgan fingerprint density at radius 2 is 2.11 bits per heavy atom. The van der Waals surface area contributed by atoms with E-state index in [-0.39, 0.29) is 0 Å². The first-order chi connectivity index (χ1) is 4.41. The van der Waals surface area contributed by atoms with Gasteiger partial charge in [0.2, 0.25) is 0 Å². The van der Waals surface area contributed by atoms with Crippen molar-refractivity contribution >= 4 is 0 Å². The van der Waals surface area contributed by atoms with Gasteiger partial charge in [0.1, 0.15) is 0 Å². The molecule has 0 bridgehead atoms. The average molecular weight is 123 g/mol. The lowest BCUT2D eigenvalue weighted by Gasteiger charge is -1.78. The highest BCUT2D eigenvalue weighted by molar-refractivity contribution is 4.98. The maximum atomic E-state index is 3.16. The van der Waals surface area contributed by atoms with Crippen molar-refractivity contribution in [3.05, 3.63) is 24.3 Å². The highest BCUT2D eigenvalue weighted by Gasteiger charge is 1.69. The average Bonchev–Trinajstić information content (AvgIpc) is 1.89. The van der Waals surface area contributed by atoms with E-state index in [1.54, 1.807) is 0 Å². The van der Waals surface area contributed by atoms with Gasteiger partial charge >= 0.3 is 0 Å². The molecule has 51 valence electrons. The number of rotatable bonds is 4. The van der Waals surface area contributed by atoms with E-state index in [4.69, 9.17) is 0 Å². The van der Waals surface area contributed by atoms with Gasteiger partial charge in [-0.05, 0) is 18.9 Å². The van der Waals surface area contributed by atoms with E-state index in [9.17, 15) is 0 Å². The lowest BCUT2D eigenvalue weighted by atomic mass is 10.3. The highest BCUT2D eigenvalue weighted by Crippen LogP contribution is 1.87. The predicted molar refractivity (Wildman–Crippen MR) is 42.2 cm³/mol. The van der Waals surface area contributed by atoms with Gasteiger partial charge in [0.25, 0.3) is 0 Å². The molecule has 0 saturated carbocycles. The minimum atomic E-state index is 1.08. The van der Waals surface area contributed by atoms with E-state index in [0.29, 0.717) is 0 Å². The number of hydrogen-bond donors (Lipinski definition) is 0. The van der Waals surface area contributed by atoms with Crippen LogP contribution in [0.5, 0.6) is 0 Å². The summed E-state index contributed by atoms with van der Waals surface area (Å²) in [6.07, 6.45) is 12.7. The SMILES string of the molecule is CCC=C/C=[C]/CCC. The molecule has 0 N–H and O–H groups in total. The van der Waals surface area contributed by atoms with Gasteiger partial charge in [0.05, 0.1) is 0 Å². The molecular weight excluding hydrogens is 108 g/mol. The maximum absolute atomic E-state index is 3.16. The molecule has 0 aliphatic rings. The van der Waals surface area contributed by atoms with Gasteiger partial charge in [0, 0.05) is 0 Å². The van der Waals surface area contributed by atoms with Gasteiger partial charge in [-0.25, -0.2) is 0 Å². The Balaban J connectivity index is 3.13. The van der Waals surface area contributed by atoms with E-state index in [0.717, 1.165) is 12.8 Å². The Kier molecular flexibility index (Phi) is 7.05. The van der Waals surface area contributed by atoms with Crippen molar-refractivity contribution in [2.75, 3.05) is 0 Å². The summed E-state index contributed by atoms with van der Waals surface area (Å²) in [5.41, 5.74) is 0. The van der Waals surface area contributed by atoms with Crippen LogP contribution in [-0.4, -0.2) is 0 Å². The second-order valence-corrected chi connectivity index (χ2v) is 1.96. The van der Waals surface area contributed by atoms with E-state index < -0.39 is 0 Å². The van der Waals surface area contributed by atoms with Crippen LogP contribution < -0.4 is 0 Å². The second-order valence-electron chi connectivity index (χ2n) is 1.96. The summed E-state index contributed by atoms with van der Waals surface area (Å²) in [6, 6.07) is 0. The zero-order valence-corrected chi connectivity index (χ0v) is 6.35. The molecule has 0 spiro atoms. The van der Waals surface area contributed by atoms with Crippen molar-refractivity contribution < 1.29 is 0 Å². The summed E-state index contributed by atoms with van der Waals surface area (Å²) in [5, 5.41) is 0. The van der Waals surface area contributed by atoms with Crippen molar-refractivity contribution in [3.63, 3.8) is 0 Å². The fraction of sp³-hybridized carbons (Fsp3) is 0.556.